The van der Waals surface area contributed by atoms with Gasteiger partial charge >= 0.3 is 0 Å². The number of rotatable bonds is 2. The van der Waals surface area contributed by atoms with Crippen LogP contribution in [0.3, 0.4) is 0 Å². The van der Waals surface area contributed by atoms with Crippen molar-refractivity contribution in [2.75, 3.05) is 0 Å². The first-order valence-electron chi connectivity index (χ1n) is 5.18. The van der Waals surface area contributed by atoms with Crippen LogP contribution in [0.15, 0.2) is 45.8 Å². The van der Waals surface area contributed by atoms with Crippen molar-refractivity contribution in [2.24, 2.45) is 7.05 Å². The molecule has 0 saturated heterocycles. The molecule has 0 bridgehead atoms. The number of hydrogen-bond donors (Lipinski definition) is 1. The Balaban J connectivity index is 2.52. The fourth-order valence-corrected chi connectivity index (χ4v) is 2.14. The molecule has 0 spiro atoms. The summed E-state index contributed by atoms with van der Waals surface area (Å²) in [6.07, 6.45) is 1.79. The molecule has 1 aromatic heterocycles. The maximum absolute atomic E-state index is 11.4. The normalized spacial score (nSPS) is 10.5. The molecule has 0 radical (unpaired) electrons. The zero-order valence-corrected chi connectivity index (χ0v) is 10.9. The predicted octanol–water partition coefficient (Wildman–Crippen LogP) is 2.31. The Labute approximate surface area is 107 Å². The number of nitrogens with zero attached hydrogens (tertiary/aromatic N) is 1. The van der Waals surface area contributed by atoms with Gasteiger partial charge in [-0.15, -0.1) is 0 Å². The molecule has 0 amide bonds. The molecule has 2 rings (SSSR count). The van der Waals surface area contributed by atoms with Gasteiger partial charge in [-0.3, -0.25) is 4.79 Å². The summed E-state index contributed by atoms with van der Waals surface area (Å²) in [6.45, 7) is 0.0364. The number of halogens is 1. The lowest BCUT2D eigenvalue weighted by Crippen LogP contribution is -2.14. The fourth-order valence-electron chi connectivity index (χ4n) is 1.61. The molecule has 0 saturated carbocycles. The molecule has 1 N–H and O–H groups in total. The van der Waals surface area contributed by atoms with Crippen LogP contribution in [0, 0.1) is 0 Å². The van der Waals surface area contributed by atoms with E-state index < -0.39 is 0 Å². The first kappa shape index (κ1) is 12.1. The van der Waals surface area contributed by atoms with Gasteiger partial charge in [0.25, 0.3) is 5.56 Å². The monoisotopic (exact) mass is 293 g/mol. The summed E-state index contributed by atoms with van der Waals surface area (Å²) >= 11 is 3.39. The van der Waals surface area contributed by atoms with Gasteiger partial charge in [0.15, 0.2) is 0 Å². The Kier molecular flexibility index (Phi) is 3.45. The van der Waals surface area contributed by atoms with E-state index >= 15 is 0 Å². The van der Waals surface area contributed by atoms with E-state index in [1.807, 2.05) is 24.3 Å². The number of aliphatic hydroxyl groups excluding tert-OH is 1. The highest BCUT2D eigenvalue weighted by Gasteiger charge is 2.05. The molecule has 0 aliphatic rings. The molecule has 4 heteroatoms. The average Bonchev–Trinajstić information content (AvgIpc) is 2.34. The van der Waals surface area contributed by atoms with Crippen LogP contribution in [-0.4, -0.2) is 9.67 Å². The molecule has 0 aliphatic heterocycles. The van der Waals surface area contributed by atoms with Crippen molar-refractivity contribution in [3.63, 3.8) is 0 Å². The van der Waals surface area contributed by atoms with Crippen molar-refractivity contribution in [1.29, 1.82) is 0 Å². The Morgan fingerprint density at radius 1 is 1.29 bits per heavy atom. The zero-order valence-electron chi connectivity index (χ0n) is 9.35. The summed E-state index contributed by atoms with van der Waals surface area (Å²) in [4.78, 5) is 11.4. The molecule has 1 heterocycles. The van der Waals surface area contributed by atoms with Gasteiger partial charge in [-0.2, -0.15) is 0 Å². The fraction of sp³-hybridized carbons (Fsp3) is 0.154. The van der Waals surface area contributed by atoms with Crippen molar-refractivity contribution >= 4 is 15.9 Å². The second-order valence-electron chi connectivity index (χ2n) is 3.84. The molecule has 88 valence electrons. The standard InChI is InChI=1S/C13H12BrNO2/c1-15-7-11(12(14)6-13(15)17)10-4-2-9(8-16)3-5-10/h2-7,16H,8H2,1H3. The van der Waals surface area contributed by atoms with Gasteiger partial charge in [-0.1, -0.05) is 24.3 Å². The Morgan fingerprint density at radius 2 is 1.94 bits per heavy atom. The SMILES string of the molecule is Cn1cc(-c2ccc(CO)cc2)c(Br)cc1=O. The molecule has 0 unspecified atom stereocenters. The highest BCUT2D eigenvalue weighted by atomic mass is 79.9. The third kappa shape index (κ3) is 2.48. The van der Waals surface area contributed by atoms with Gasteiger partial charge in [0.2, 0.25) is 0 Å². The van der Waals surface area contributed by atoms with E-state index in [0.717, 1.165) is 21.2 Å². The minimum absolute atomic E-state index is 0.0364. The van der Waals surface area contributed by atoms with Crippen LogP contribution in [0.5, 0.6) is 0 Å². The van der Waals surface area contributed by atoms with Gasteiger partial charge in [-0.25, -0.2) is 0 Å². The third-order valence-electron chi connectivity index (χ3n) is 2.63. The largest absolute Gasteiger partial charge is 0.392 e. The summed E-state index contributed by atoms with van der Waals surface area (Å²) in [6, 6.07) is 9.14. The highest BCUT2D eigenvalue weighted by molar-refractivity contribution is 9.10. The Morgan fingerprint density at radius 3 is 2.53 bits per heavy atom. The minimum atomic E-state index is -0.0485. The minimum Gasteiger partial charge on any atom is -0.392 e. The number of benzene rings is 1. The molecule has 3 nitrogen and oxygen atoms in total. The van der Waals surface area contributed by atoms with Crippen LogP contribution in [0.1, 0.15) is 5.56 Å². The van der Waals surface area contributed by atoms with Crippen molar-refractivity contribution in [3.05, 3.63) is 56.9 Å². The molecule has 2 aromatic rings. The van der Waals surface area contributed by atoms with E-state index in [9.17, 15) is 4.79 Å². The Hall–Kier alpha value is -1.39. The molecule has 0 fully saturated rings. The number of hydrogen-bond acceptors (Lipinski definition) is 2. The summed E-state index contributed by atoms with van der Waals surface area (Å²) in [5.41, 5.74) is 2.78. The van der Waals surface area contributed by atoms with E-state index in [4.69, 9.17) is 5.11 Å². The summed E-state index contributed by atoms with van der Waals surface area (Å²) in [7, 11) is 1.72. The van der Waals surface area contributed by atoms with Gasteiger partial charge < -0.3 is 9.67 Å². The van der Waals surface area contributed by atoms with E-state index in [1.165, 1.54) is 0 Å². The number of aliphatic hydroxyl groups is 1. The molecular formula is C13H12BrNO2. The topological polar surface area (TPSA) is 42.2 Å². The average molecular weight is 294 g/mol. The van der Waals surface area contributed by atoms with E-state index in [2.05, 4.69) is 15.9 Å². The van der Waals surface area contributed by atoms with Crippen LogP contribution in [0.4, 0.5) is 0 Å². The molecule has 0 aliphatic carbocycles. The third-order valence-corrected chi connectivity index (χ3v) is 3.28. The summed E-state index contributed by atoms with van der Waals surface area (Å²) in [5.74, 6) is 0. The van der Waals surface area contributed by atoms with E-state index in [-0.39, 0.29) is 12.2 Å². The van der Waals surface area contributed by atoms with E-state index in [1.54, 1.807) is 23.9 Å². The second kappa shape index (κ2) is 4.85. The maximum Gasteiger partial charge on any atom is 0.251 e. The van der Waals surface area contributed by atoms with Crippen LogP contribution in [-0.2, 0) is 13.7 Å². The lowest BCUT2D eigenvalue weighted by Gasteiger charge is -2.07. The zero-order chi connectivity index (χ0) is 12.4. The van der Waals surface area contributed by atoms with Gasteiger partial charge in [0, 0.05) is 29.3 Å². The smallest absolute Gasteiger partial charge is 0.251 e. The van der Waals surface area contributed by atoms with Crippen LogP contribution >= 0.6 is 15.9 Å². The second-order valence-corrected chi connectivity index (χ2v) is 4.69. The number of aromatic nitrogens is 1. The predicted molar refractivity (Wildman–Crippen MR) is 70.7 cm³/mol. The first-order valence-corrected chi connectivity index (χ1v) is 5.97. The van der Waals surface area contributed by atoms with Crippen molar-refractivity contribution in [2.45, 2.75) is 6.61 Å². The maximum atomic E-state index is 11.4. The van der Waals surface area contributed by atoms with Crippen LogP contribution < -0.4 is 5.56 Å². The van der Waals surface area contributed by atoms with Crippen molar-refractivity contribution in [3.8, 4) is 11.1 Å². The van der Waals surface area contributed by atoms with Gasteiger partial charge in [-0.05, 0) is 27.1 Å². The summed E-state index contributed by atoms with van der Waals surface area (Å²) in [5, 5.41) is 8.98. The molecular weight excluding hydrogens is 282 g/mol. The molecule has 1 aromatic carbocycles. The van der Waals surface area contributed by atoms with Gasteiger partial charge in [0.1, 0.15) is 0 Å². The summed E-state index contributed by atoms with van der Waals surface area (Å²) < 4.78 is 2.32. The van der Waals surface area contributed by atoms with Gasteiger partial charge in [0.05, 0.1) is 6.61 Å². The highest BCUT2D eigenvalue weighted by Crippen LogP contribution is 2.26. The number of aryl methyl sites for hydroxylation is 1. The van der Waals surface area contributed by atoms with Crippen molar-refractivity contribution < 1.29 is 5.11 Å². The van der Waals surface area contributed by atoms with Crippen LogP contribution in [0.2, 0.25) is 0 Å². The van der Waals surface area contributed by atoms with E-state index in [0.29, 0.717) is 0 Å². The molecule has 17 heavy (non-hydrogen) atoms. The lowest BCUT2D eigenvalue weighted by molar-refractivity contribution is 0.282. The Bertz CT molecular complexity index is 587. The quantitative estimate of drug-likeness (QED) is 0.923. The lowest BCUT2D eigenvalue weighted by atomic mass is 10.1. The number of pyridine rings is 1. The molecule has 0 atom stereocenters. The van der Waals surface area contributed by atoms with Crippen molar-refractivity contribution in [1.82, 2.24) is 4.57 Å². The van der Waals surface area contributed by atoms with Crippen LogP contribution in [0.25, 0.3) is 11.1 Å². The first-order chi connectivity index (χ1) is 8.11.